The lowest BCUT2D eigenvalue weighted by atomic mass is 10.3. The van der Waals surface area contributed by atoms with E-state index in [1.807, 2.05) is 6.92 Å². The van der Waals surface area contributed by atoms with Crippen LogP contribution < -0.4 is 9.54 Å². The molecule has 3 rings (SSSR count). The summed E-state index contributed by atoms with van der Waals surface area (Å²) in [5, 5.41) is 0.563. The fraction of sp³-hybridized carbons (Fsp3) is 0.222. The third-order valence-corrected chi connectivity index (χ3v) is 4.82. The van der Waals surface area contributed by atoms with Crippen molar-refractivity contribution in [3.05, 3.63) is 57.9 Å². The molecular formula is C18H15ClF2N2O2S. The van der Waals surface area contributed by atoms with Gasteiger partial charge in [-0.2, -0.15) is 4.99 Å². The normalized spacial score (nSPS) is 11.9. The number of hydrogen-bond acceptors (Lipinski definition) is 3. The van der Waals surface area contributed by atoms with Crippen LogP contribution in [0, 0.1) is 11.6 Å². The highest BCUT2D eigenvalue weighted by molar-refractivity contribution is 7.16. The molecule has 0 spiro atoms. The Kier molecular flexibility index (Phi) is 5.68. The number of hydrogen-bond donors (Lipinski definition) is 0. The number of rotatable bonds is 5. The molecule has 0 aliphatic carbocycles. The first-order valence-electron chi connectivity index (χ1n) is 7.92. The number of fused-ring (bicyclic) bond motifs is 1. The van der Waals surface area contributed by atoms with Gasteiger partial charge in [0, 0.05) is 17.6 Å². The van der Waals surface area contributed by atoms with Crippen LogP contribution in [0.1, 0.15) is 13.3 Å². The summed E-state index contributed by atoms with van der Waals surface area (Å²) in [6, 6.07) is 8.66. The van der Waals surface area contributed by atoms with Gasteiger partial charge in [0.25, 0.3) is 5.91 Å². The smallest absolute Gasteiger partial charge is 0.286 e. The van der Waals surface area contributed by atoms with Crippen LogP contribution in [0.2, 0.25) is 5.02 Å². The van der Waals surface area contributed by atoms with Crippen molar-refractivity contribution in [1.82, 2.24) is 4.57 Å². The highest BCUT2D eigenvalue weighted by Crippen LogP contribution is 2.22. The van der Waals surface area contributed by atoms with E-state index >= 15 is 0 Å². The molecule has 0 N–H and O–H groups in total. The number of aryl methyl sites for hydroxylation is 1. The van der Waals surface area contributed by atoms with Crippen LogP contribution in [0.15, 0.2) is 41.4 Å². The first-order valence-corrected chi connectivity index (χ1v) is 9.11. The summed E-state index contributed by atoms with van der Waals surface area (Å²) in [5.74, 6) is -1.36. The van der Waals surface area contributed by atoms with Crippen molar-refractivity contribution in [2.75, 3.05) is 6.61 Å². The maximum Gasteiger partial charge on any atom is 0.286 e. The Morgan fingerprint density at radius 2 is 2.00 bits per heavy atom. The first-order chi connectivity index (χ1) is 12.5. The van der Waals surface area contributed by atoms with Crippen LogP contribution in [0.5, 0.6) is 5.75 Å². The van der Waals surface area contributed by atoms with Crippen LogP contribution >= 0.6 is 22.9 Å². The second-order valence-electron chi connectivity index (χ2n) is 5.52. The highest BCUT2D eigenvalue weighted by Gasteiger charge is 2.13. The molecular weight excluding hydrogens is 382 g/mol. The Balaban J connectivity index is 1.90. The van der Waals surface area contributed by atoms with Gasteiger partial charge in [0.2, 0.25) is 0 Å². The van der Waals surface area contributed by atoms with E-state index in [-0.39, 0.29) is 12.1 Å². The van der Waals surface area contributed by atoms with Gasteiger partial charge >= 0.3 is 0 Å². The molecule has 8 heteroatoms. The van der Waals surface area contributed by atoms with Crippen LogP contribution in [-0.2, 0) is 11.3 Å². The summed E-state index contributed by atoms with van der Waals surface area (Å²) in [7, 11) is 0. The van der Waals surface area contributed by atoms with E-state index < -0.39 is 17.5 Å². The number of carbonyl (C=O) groups is 1. The highest BCUT2D eigenvalue weighted by atomic mass is 35.5. The Hall–Kier alpha value is -2.25. The molecule has 0 fully saturated rings. The van der Waals surface area contributed by atoms with Gasteiger partial charge in [0.1, 0.15) is 11.6 Å². The maximum atomic E-state index is 14.2. The lowest BCUT2D eigenvalue weighted by Crippen LogP contribution is -2.19. The van der Waals surface area contributed by atoms with E-state index in [9.17, 15) is 13.6 Å². The van der Waals surface area contributed by atoms with Gasteiger partial charge in [-0.25, -0.2) is 8.78 Å². The minimum Gasteiger partial charge on any atom is -0.484 e. The lowest BCUT2D eigenvalue weighted by Gasteiger charge is -2.04. The van der Waals surface area contributed by atoms with Crippen LogP contribution in [0.25, 0.3) is 10.2 Å². The van der Waals surface area contributed by atoms with E-state index in [1.165, 1.54) is 6.07 Å². The maximum absolute atomic E-state index is 14.2. The number of nitrogens with zero attached hydrogens (tertiary/aromatic N) is 2. The van der Waals surface area contributed by atoms with Gasteiger partial charge < -0.3 is 9.30 Å². The molecule has 136 valence electrons. The second-order valence-corrected chi connectivity index (χ2v) is 6.96. The molecule has 0 aliphatic heterocycles. The monoisotopic (exact) mass is 396 g/mol. The standard InChI is InChI=1S/C18H15ClF2N2O2S/c1-2-7-23-17-14(21)8-12(20)9-15(17)26-18(23)22-16(24)10-25-13-5-3-11(19)4-6-13/h3-6,8-9H,2,7,10H2,1H3. The van der Waals surface area contributed by atoms with Crippen LogP contribution in [0.4, 0.5) is 8.78 Å². The number of amides is 1. The summed E-state index contributed by atoms with van der Waals surface area (Å²) in [6.07, 6.45) is 0.714. The summed E-state index contributed by atoms with van der Waals surface area (Å²) < 4.78 is 35.0. The van der Waals surface area contributed by atoms with Crippen molar-refractivity contribution >= 4 is 39.1 Å². The minimum atomic E-state index is -0.670. The third-order valence-electron chi connectivity index (χ3n) is 3.54. The van der Waals surface area contributed by atoms with Crippen LogP contribution in [0.3, 0.4) is 0 Å². The number of thiazole rings is 1. The van der Waals surface area contributed by atoms with Crippen molar-refractivity contribution in [3.8, 4) is 5.75 Å². The molecule has 26 heavy (non-hydrogen) atoms. The zero-order valence-electron chi connectivity index (χ0n) is 13.8. The number of benzene rings is 2. The van der Waals surface area contributed by atoms with E-state index in [4.69, 9.17) is 16.3 Å². The molecule has 0 bridgehead atoms. The average Bonchev–Trinajstić information content (AvgIpc) is 2.92. The van der Waals surface area contributed by atoms with Crippen molar-refractivity contribution in [1.29, 1.82) is 0 Å². The Morgan fingerprint density at radius 1 is 1.27 bits per heavy atom. The number of halogens is 3. The summed E-state index contributed by atoms with van der Waals surface area (Å²) >= 11 is 6.86. The average molecular weight is 397 g/mol. The molecule has 0 saturated carbocycles. The number of ether oxygens (including phenoxy) is 1. The second kappa shape index (κ2) is 7.97. The third kappa shape index (κ3) is 4.11. The quantitative estimate of drug-likeness (QED) is 0.635. The molecule has 4 nitrogen and oxygen atoms in total. The molecule has 1 heterocycles. The summed E-state index contributed by atoms with van der Waals surface area (Å²) in [5.41, 5.74) is 0.253. The van der Waals surface area contributed by atoms with Crippen LogP contribution in [-0.4, -0.2) is 17.1 Å². The molecule has 0 aliphatic rings. The zero-order valence-corrected chi connectivity index (χ0v) is 15.4. The predicted octanol–water partition coefficient (Wildman–Crippen LogP) is 4.55. The predicted molar refractivity (Wildman–Crippen MR) is 97.5 cm³/mol. The van der Waals surface area contributed by atoms with Crippen molar-refractivity contribution in [3.63, 3.8) is 0 Å². The molecule has 2 aromatic carbocycles. The van der Waals surface area contributed by atoms with Gasteiger partial charge in [-0.3, -0.25) is 4.79 Å². The van der Waals surface area contributed by atoms with Crippen molar-refractivity contribution in [2.24, 2.45) is 4.99 Å². The van der Waals surface area contributed by atoms with Gasteiger partial charge in [-0.05, 0) is 36.8 Å². The molecule has 1 amide bonds. The molecule has 0 radical (unpaired) electrons. The van der Waals surface area contributed by atoms with Gasteiger partial charge in [-0.15, -0.1) is 0 Å². The SMILES string of the molecule is CCCn1c(=NC(=O)COc2ccc(Cl)cc2)sc2cc(F)cc(F)c21. The van der Waals surface area contributed by atoms with Crippen molar-refractivity contribution < 1.29 is 18.3 Å². The van der Waals surface area contributed by atoms with Gasteiger partial charge in [0.15, 0.2) is 17.2 Å². The number of aromatic nitrogens is 1. The van der Waals surface area contributed by atoms with E-state index in [0.717, 1.165) is 17.4 Å². The Morgan fingerprint density at radius 3 is 2.69 bits per heavy atom. The minimum absolute atomic E-state index is 0.253. The fourth-order valence-electron chi connectivity index (χ4n) is 2.46. The molecule has 0 atom stereocenters. The molecule has 1 aromatic heterocycles. The van der Waals surface area contributed by atoms with Crippen molar-refractivity contribution in [2.45, 2.75) is 19.9 Å². The van der Waals surface area contributed by atoms with Gasteiger partial charge in [0.05, 0.1) is 10.2 Å². The summed E-state index contributed by atoms with van der Waals surface area (Å²) in [4.78, 5) is 16.5. The number of carbonyl (C=O) groups excluding carboxylic acids is 1. The largest absolute Gasteiger partial charge is 0.484 e. The van der Waals surface area contributed by atoms with E-state index in [0.29, 0.717) is 33.2 Å². The lowest BCUT2D eigenvalue weighted by molar-refractivity contribution is -0.120. The Bertz CT molecular complexity index is 1010. The molecule has 3 aromatic rings. The Labute approximate surface area is 157 Å². The summed E-state index contributed by atoms with van der Waals surface area (Å²) in [6.45, 7) is 2.12. The molecule has 0 saturated heterocycles. The van der Waals surface area contributed by atoms with Gasteiger partial charge in [-0.1, -0.05) is 29.9 Å². The van der Waals surface area contributed by atoms with E-state index in [1.54, 1.807) is 28.8 Å². The van der Waals surface area contributed by atoms with E-state index in [2.05, 4.69) is 4.99 Å². The topological polar surface area (TPSA) is 43.6 Å². The molecule has 0 unspecified atom stereocenters. The first kappa shape index (κ1) is 18.5. The fourth-order valence-corrected chi connectivity index (χ4v) is 3.70. The zero-order chi connectivity index (χ0) is 18.7.